The lowest BCUT2D eigenvalue weighted by molar-refractivity contribution is 1.32. The first-order chi connectivity index (χ1) is 18.4. The lowest BCUT2D eigenvalue weighted by atomic mass is 10.0. The molecular weight excluding hydrogens is 487 g/mol. The molecule has 0 aliphatic carbocycles. The second-order valence-electron chi connectivity index (χ2n) is 9.34. The Bertz CT molecular complexity index is 2100. The van der Waals surface area contributed by atoms with E-state index in [1.54, 1.807) is 0 Å². The van der Waals surface area contributed by atoms with Crippen molar-refractivity contribution in [3.63, 3.8) is 0 Å². The fraction of sp³-hybridized carbons (Fsp3) is 0. The van der Waals surface area contributed by atoms with Crippen molar-refractivity contribution in [2.75, 3.05) is 4.90 Å². The van der Waals surface area contributed by atoms with Crippen molar-refractivity contribution in [2.24, 2.45) is 0 Å². The van der Waals surface area contributed by atoms with Gasteiger partial charge in [0.05, 0.1) is 20.8 Å². The van der Waals surface area contributed by atoms with E-state index in [0.29, 0.717) is 0 Å². The summed E-state index contributed by atoms with van der Waals surface area (Å²) < 4.78 is 5.28. The van der Waals surface area contributed by atoms with Gasteiger partial charge in [-0.2, -0.15) is 0 Å². The smallest absolute Gasteiger partial charge is 0.0640 e. The molecule has 37 heavy (non-hydrogen) atoms. The zero-order valence-electron chi connectivity index (χ0n) is 19.9. The van der Waals surface area contributed by atoms with Gasteiger partial charge in [-0.3, -0.25) is 0 Å². The predicted molar refractivity (Wildman–Crippen MR) is 164 cm³/mol. The van der Waals surface area contributed by atoms with Gasteiger partial charge in [0.1, 0.15) is 0 Å². The van der Waals surface area contributed by atoms with Crippen LogP contribution in [0.3, 0.4) is 0 Å². The van der Waals surface area contributed by atoms with Crippen LogP contribution in [0.5, 0.6) is 0 Å². The van der Waals surface area contributed by atoms with E-state index in [2.05, 4.69) is 132 Å². The van der Waals surface area contributed by atoms with Crippen molar-refractivity contribution in [2.45, 2.75) is 0 Å². The fourth-order valence-electron chi connectivity index (χ4n) is 5.62. The molecule has 0 amide bonds. The lowest BCUT2D eigenvalue weighted by Crippen LogP contribution is -2.10. The minimum absolute atomic E-state index is 1.17. The predicted octanol–water partition coefficient (Wildman–Crippen LogP) is 11.0. The van der Waals surface area contributed by atoms with Crippen LogP contribution in [0.25, 0.3) is 51.1 Å². The van der Waals surface area contributed by atoms with E-state index in [-0.39, 0.29) is 0 Å². The number of fused-ring (bicyclic) bond motifs is 8. The van der Waals surface area contributed by atoms with Gasteiger partial charge in [0, 0.05) is 36.6 Å². The molecule has 8 rings (SSSR count). The van der Waals surface area contributed by atoms with E-state index >= 15 is 0 Å². The van der Waals surface area contributed by atoms with Crippen molar-refractivity contribution >= 4 is 90.9 Å². The molecule has 0 bridgehead atoms. The second kappa shape index (κ2) is 8.17. The number of benzene rings is 6. The lowest BCUT2D eigenvalue weighted by Gasteiger charge is -2.26. The van der Waals surface area contributed by atoms with Gasteiger partial charge in [-0.25, -0.2) is 0 Å². The number of nitrogens with zero attached hydrogens (tertiary/aromatic N) is 1. The standard InChI is InChI=1S/C34H21NS2/c1-2-11-23(12-3-1)35(28-17-8-15-26-25-14-6-7-19-30(25)36-33(26)28)29-18-9-16-27-32-24-13-5-4-10-22(24)20-21-31(32)37-34(27)29/h1-21H. The molecule has 0 aliphatic rings. The Hall–Kier alpha value is -4.18. The van der Waals surface area contributed by atoms with Crippen molar-refractivity contribution in [1.29, 1.82) is 0 Å². The van der Waals surface area contributed by atoms with Crippen LogP contribution < -0.4 is 4.90 Å². The molecule has 0 fully saturated rings. The van der Waals surface area contributed by atoms with Gasteiger partial charge in [0.15, 0.2) is 0 Å². The van der Waals surface area contributed by atoms with Crippen molar-refractivity contribution in [3.8, 4) is 0 Å². The van der Waals surface area contributed by atoms with E-state index in [0.717, 1.165) is 0 Å². The first kappa shape index (κ1) is 21.0. The monoisotopic (exact) mass is 507 g/mol. The van der Waals surface area contributed by atoms with Gasteiger partial charge in [0.2, 0.25) is 0 Å². The zero-order valence-corrected chi connectivity index (χ0v) is 21.5. The molecule has 174 valence electrons. The second-order valence-corrected chi connectivity index (χ2v) is 11.4. The Morgan fingerprint density at radius 1 is 0.405 bits per heavy atom. The summed E-state index contributed by atoms with van der Waals surface area (Å²) in [6.45, 7) is 0. The molecule has 3 heteroatoms. The van der Waals surface area contributed by atoms with Crippen molar-refractivity contribution < 1.29 is 0 Å². The molecule has 0 aliphatic heterocycles. The molecule has 0 atom stereocenters. The number of anilines is 3. The maximum Gasteiger partial charge on any atom is 0.0640 e. The quantitative estimate of drug-likeness (QED) is 0.230. The summed E-state index contributed by atoms with van der Waals surface area (Å²) in [6, 6.07) is 46.3. The fourth-order valence-corrected chi connectivity index (χ4v) is 8.05. The third-order valence-electron chi connectivity index (χ3n) is 7.25. The molecule has 0 N–H and O–H groups in total. The number of hydrogen-bond donors (Lipinski definition) is 0. The maximum atomic E-state index is 2.46. The maximum absolute atomic E-state index is 2.46. The highest BCUT2D eigenvalue weighted by molar-refractivity contribution is 7.27. The Balaban J connectivity index is 1.48. The van der Waals surface area contributed by atoms with Crippen LogP contribution in [0.15, 0.2) is 127 Å². The normalized spacial score (nSPS) is 11.8. The van der Waals surface area contributed by atoms with E-state index in [4.69, 9.17) is 0 Å². The van der Waals surface area contributed by atoms with Crippen LogP contribution in [-0.4, -0.2) is 0 Å². The largest absolute Gasteiger partial charge is 0.308 e. The minimum atomic E-state index is 1.17. The number of para-hydroxylation sites is 1. The average molecular weight is 508 g/mol. The SMILES string of the molecule is c1ccc(N(c2cccc3c2sc2ccccc23)c2cccc3c2sc2ccc4ccccc4c23)cc1. The first-order valence-electron chi connectivity index (χ1n) is 12.5. The Morgan fingerprint density at radius 3 is 1.86 bits per heavy atom. The molecule has 0 radical (unpaired) electrons. The summed E-state index contributed by atoms with van der Waals surface area (Å²) in [5, 5.41) is 7.92. The molecule has 0 unspecified atom stereocenters. The summed E-state index contributed by atoms with van der Waals surface area (Å²) in [5.41, 5.74) is 3.61. The average Bonchev–Trinajstić information content (AvgIpc) is 3.54. The van der Waals surface area contributed by atoms with Gasteiger partial charge >= 0.3 is 0 Å². The molecule has 0 saturated heterocycles. The van der Waals surface area contributed by atoms with E-state index in [1.807, 2.05) is 22.7 Å². The third kappa shape index (κ3) is 3.15. The van der Waals surface area contributed by atoms with Gasteiger partial charge < -0.3 is 4.90 Å². The van der Waals surface area contributed by atoms with E-state index in [1.165, 1.54) is 68.2 Å². The molecule has 6 aromatic carbocycles. The molecular formula is C34H21NS2. The molecule has 0 spiro atoms. The number of rotatable bonds is 3. The van der Waals surface area contributed by atoms with Crippen LogP contribution in [-0.2, 0) is 0 Å². The summed E-state index contributed by atoms with van der Waals surface area (Å²) in [4.78, 5) is 2.46. The summed E-state index contributed by atoms with van der Waals surface area (Å²) in [7, 11) is 0. The summed E-state index contributed by atoms with van der Waals surface area (Å²) >= 11 is 3.77. The van der Waals surface area contributed by atoms with Gasteiger partial charge in [-0.1, -0.05) is 91.0 Å². The third-order valence-corrected chi connectivity index (χ3v) is 9.65. The van der Waals surface area contributed by atoms with Crippen LogP contribution >= 0.6 is 22.7 Å². The zero-order chi connectivity index (χ0) is 24.3. The Morgan fingerprint density at radius 2 is 1.03 bits per heavy atom. The van der Waals surface area contributed by atoms with Crippen molar-refractivity contribution in [3.05, 3.63) is 127 Å². The summed E-state index contributed by atoms with van der Waals surface area (Å²) in [6.07, 6.45) is 0. The first-order valence-corrected chi connectivity index (χ1v) is 14.1. The number of thiophene rings is 2. The Kier molecular flexibility index (Phi) is 4.63. The van der Waals surface area contributed by atoms with Crippen LogP contribution in [0, 0.1) is 0 Å². The highest BCUT2D eigenvalue weighted by Crippen LogP contribution is 2.49. The highest BCUT2D eigenvalue weighted by atomic mass is 32.1. The van der Waals surface area contributed by atoms with Gasteiger partial charge in [0.25, 0.3) is 0 Å². The molecule has 2 aromatic heterocycles. The Labute approximate surface area is 222 Å². The number of hydrogen-bond acceptors (Lipinski definition) is 3. The summed E-state index contributed by atoms with van der Waals surface area (Å²) in [5.74, 6) is 0. The highest BCUT2D eigenvalue weighted by Gasteiger charge is 2.21. The molecule has 8 aromatic rings. The van der Waals surface area contributed by atoms with Crippen LogP contribution in [0.4, 0.5) is 17.1 Å². The molecule has 2 heterocycles. The van der Waals surface area contributed by atoms with Gasteiger partial charge in [-0.15, -0.1) is 22.7 Å². The molecule has 1 nitrogen and oxygen atoms in total. The van der Waals surface area contributed by atoms with E-state index < -0.39 is 0 Å². The topological polar surface area (TPSA) is 3.24 Å². The minimum Gasteiger partial charge on any atom is -0.308 e. The van der Waals surface area contributed by atoms with Crippen molar-refractivity contribution in [1.82, 2.24) is 0 Å². The van der Waals surface area contributed by atoms with Crippen LogP contribution in [0.2, 0.25) is 0 Å². The van der Waals surface area contributed by atoms with E-state index in [9.17, 15) is 0 Å². The van der Waals surface area contributed by atoms with Gasteiger partial charge in [-0.05, 0) is 47.2 Å². The molecule has 0 saturated carbocycles. The van der Waals surface area contributed by atoms with Crippen LogP contribution in [0.1, 0.15) is 0 Å².